The van der Waals surface area contributed by atoms with Gasteiger partial charge in [-0.2, -0.15) is 0 Å². The number of phenolic OH excluding ortho intramolecular Hbond substituents is 1. The van der Waals surface area contributed by atoms with Gasteiger partial charge >= 0.3 is 0 Å². The molecule has 0 radical (unpaired) electrons. The summed E-state index contributed by atoms with van der Waals surface area (Å²) >= 11 is 5.61. The maximum absolute atomic E-state index is 13.7. The predicted molar refractivity (Wildman–Crippen MR) is 71.5 cm³/mol. The van der Waals surface area contributed by atoms with Crippen LogP contribution < -0.4 is 5.32 Å². The Labute approximate surface area is 123 Å². The largest absolute Gasteiger partial charge is 0.506 e. The second kappa shape index (κ2) is 5.81. The summed E-state index contributed by atoms with van der Waals surface area (Å²) in [5.74, 6) is -5.98. The summed E-state index contributed by atoms with van der Waals surface area (Å²) in [6.45, 7) is 0.456. The third-order valence-electron chi connectivity index (χ3n) is 2.99. The summed E-state index contributed by atoms with van der Waals surface area (Å²) < 4.78 is 54.1. The number of rotatable bonds is 3. The molecule has 0 aliphatic carbocycles. The van der Waals surface area contributed by atoms with Gasteiger partial charge in [0, 0.05) is 29.4 Å². The third-order valence-corrected chi connectivity index (χ3v) is 3.31. The molecule has 0 aliphatic heterocycles. The third kappa shape index (κ3) is 2.90. The molecule has 112 valence electrons. The van der Waals surface area contributed by atoms with Crippen molar-refractivity contribution in [2.24, 2.45) is 0 Å². The van der Waals surface area contributed by atoms with Gasteiger partial charge in [-0.3, -0.25) is 0 Å². The summed E-state index contributed by atoms with van der Waals surface area (Å²) in [5, 5.41) is 12.0. The average Bonchev–Trinajstić information content (AvgIpc) is 2.46. The highest BCUT2D eigenvalue weighted by molar-refractivity contribution is 6.32. The number of anilines is 1. The molecule has 2 aromatic rings. The first-order chi connectivity index (χ1) is 9.82. The van der Waals surface area contributed by atoms with Crippen molar-refractivity contribution in [1.29, 1.82) is 0 Å². The minimum absolute atomic E-state index is 0.102. The molecule has 0 saturated carbocycles. The van der Waals surface area contributed by atoms with Crippen molar-refractivity contribution >= 4 is 17.3 Å². The van der Waals surface area contributed by atoms with E-state index in [1.54, 1.807) is 0 Å². The zero-order chi connectivity index (χ0) is 15.7. The van der Waals surface area contributed by atoms with E-state index < -0.39 is 40.9 Å². The topological polar surface area (TPSA) is 32.3 Å². The molecule has 0 atom stereocenters. The minimum atomic E-state index is -1.45. The first kappa shape index (κ1) is 15.4. The monoisotopic (exact) mass is 319 g/mol. The Morgan fingerprint density at radius 2 is 1.62 bits per heavy atom. The van der Waals surface area contributed by atoms with Crippen LogP contribution in [0.2, 0.25) is 5.02 Å². The van der Waals surface area contributed by atoms with E-state index >= 15 is 0 Å². The van der Waals surface area contributed by atoms with Crippen molar-refractivity contribution in [3.8, 4) is 5.75 Å². The molecule has 0 aromatic heterocycles. The van der Waals surface area contributed by atoms with Crippen LogP contribution in [-0.4, -0.2) is 5.11 Å². The van der Waals surface area contributed by atoms with Gasteiger partial charge in [-0.15, -0.1) is 0 Å². The molecule has 7 heteroatoms. The summed E-state index contributed by atoms with van der Waals surface area (Å²) in [4.78, 5) is 0. The van der Waals surface area contributed by atoms with Gasteiger partial charge in [0.25, 0.3) is 0 Å². The lowest BCUT2D eigenvalue weighted by molar-refractivity contribution is 0.432. The van der Waals surface area contributed by atoms with E-state index in [1.807, 2.05) is 0 Å². The van der Waals surface area contributed by atoms with Gasteiger partial charge in [0.05, 0.1) is 5.02 Å². The molecule has 2 nitrogen and oxygen atoms in total. The van der Waals surface area contributed by atoms with E-state index in [0.29, 0.717) is 0 Å². The van der Waals surface area contributed by atoms with Crippen molar-refractivity contribution in [3.63, 3.8) is 0 Å². The summed E-state index contributed by atoms with van der Waals surface area (Å²) in [7, 11) is 0. The van der Waals surface area contributed by atoms with Gasteiger partial charge in [-0.05, 0) is 19.1 Å². The highest BCUT2D eigenvalue weighted by Gasteiger charge is 2.22. The second-order valence-electron chi connectivity index (χ2n) is 4.38. The Hall–Kier alpha value is -1.95. The molecule has 0 bridgehead atoms. The second-order valence-corrected chi connectivity index (χ2v) is 4.79. The Morgan fingerprint density at radius 3 is 2.14 bits per heavy atom. The Kier molecular flexibility index (Phi) is 4.27. The zero-order valence-corrected chi connectivity index (χ0v) is 11.5. The molecule has 21 heavy (non-hydrogen) atoms. The van der Waals surface area contributed by atoms with Crippen molar-refractivity contribution in [2.75, 3.05) is 5.32 Å². The van der Waals surface area contributed by atoms with Gasteiger partial charge in [-0.1, -0.05) is 11.6 Å². The first-order valence-corrected chi connectivity index (χ1v) is 6.24. The molecule has 0 saturated heterocycles. The van der Waals surface area contributed by atoms with E-state index in [2.05, 4.69) is 5.32 Å². The van der Waals surface area contributed by atoms with Gasteiger partial charge in [0.2, 0.25) is 0 Å². The Morgan fingerprint density at radius 1 is 1.05 bits per heavy atom. The number of halogens is 5. The number of nitrogens with one attached hydrogen (secondary N) is 1. The Bertz CT molecular complexity index is 677. The van der Waals surface area contributed by atoms with Crippen LogP contribution in [0, 0.1) is 30.2 Å². The predicted octanol–water partition coefficient (Wildman–Crippen LogP) is 4.52. The van der Waals surface area contributed by atoms with Crippen LogP contribution in [0.15, 0.2) is 18.2 Å². The van der Waals surface area contributed by atoms with Crippen LogP contribution in [0.3, 0.4) is 0 Å². The van der Waals surface area contributed by atoms with Crippen LogP contribution in [0.4, 0.5) is 23.2 Å². The SMILES string of the molecule is Cc1c(F)c(F)c(CNc2ccc(Cl)c(O)c2)c(F)c1F. The summed E-state index contributed by atoms with van der Waals surface area (Å²) in [6, 6.07) is 4.03. The van der Waals surface area contributed by atoms with E-state index in [-0.39, 0.29) is 16.5 Å². The molecule has 2 aromatic carbocycles. The van der Waals surface area contributed by atoms with Crippen LogP contribution in [-0.2, 0) is 6.54 Å². The van der Waals surface area contributed by atoms with Gasteiger partial charge in [0.1, 0.15) is 5.75 Å². The molecule has 0 aliphatic rings. The Balaban J connectivity index is 2.30. The smallest absolute Gasteiger partial charge is 0.167 e. The van der Waals surface area contributed by atoms with E-state index in [9.17, 15) is 22.7 Å². The van der Waals surface area contributed by atoms with E-state index in [0.717, 1.165) is 6.92 Å². The minimum Gasteiger partial charge on any atom is -0.506 e. The van der Waals surface area contributed by atoms with E-state index in [1.165, 1.54) is 18.2 Å². The highest BCUT2D eigenvalue weighted by atomic mass is 35.5. The fraction of sp³-hybridized carbons (Fsp3) is 0.143. The summed E-state index contributed by atoms with van der Waals surface area (Å²) in [6.07, 6.45) is 0. The number of hydrogen-bond donors (Lipinski definition) is 2. The van der Waals surface area contributed by atoms with E-state index in [4.69, 9.17) is 11.6 Å². The lowest BCUT2D eigenvalue weighted by Gasteiger charge is -2.12. The standard InChI is InChI=1S/C14H10ClF4NO/c1-6-11(16)13(18)8(14(19)12(6)17)5-20-7-2-3-9(15)10(21)4-7/h2-4,20-21H,5H2,1H3. The molecule has 2 N–H and O–H groups in total. The number of benzene rings is 2. The quantitative estimate of drug-likeness (QED) is 0.644. The zero-order valence-electron chi connectivity index (χ0n) is 10.8. The lowest BCUT2D eigenvalue weighted by Crippen LogP contribution is -2.10. The molecule has 0 fully saturated rings. The van der Waals surface area contributed by atoms with Gasteiger partial charge in [0.15, 0.2) is 23.3 Å². The van der Waals surface area contributed by atoms with Crippen molar-refractivity contribution < 1.29 is 22.7 Å². The molecular formula is C14H10ClF4NO. The normalized spacial score (nSPS) is 10.8. The first-order valence-electron chi connectivity index (χ1n) is 5.86. The van der Waals surface area contributed by atoms with Crippen LogP contribution in [0.5, 0.6) is 5.75 Å². The lowest BCUT2D eigenvalue weighted by atomic mass is 10.1. The van der Waals surface area contributed by atoms with Crippen molar-refractivity contribution in [2.45, 2.75) is 13.5 Å². The maximum Gasteiger partial charge on any atom is 0.167 e. The highest BCUT2D eigenvalue weighted by Crippen LogP contribution is 2.28. The number of aromatic hydroxyl groups is 1. The molecule has 0 amide bonds. The van der Waals surface area contributed by atoms with Crippen LogP contribution >= 0.6 is 11.6 Å². The maximum atomic E-state index is 13.7. The number of phenols is 1. The molecule has 0 heterocycles. The molecular weight excluding hydrogens is 310 g/mol. The van der Waals surface area contributed by atoms with Crippen LogP contribution in [0.25, 0.3) is 0 Å². The van der Waals surface area contributed by atoms with Crippen molar-refractivity contribution in [1.82, 2.24) is 0 Å². The fourth-order valence-corrected chi connectivity index (χ4v) is 1.87. The van der Waals surface area contributed by atoms with Gasteiger partial charge in [-0.25, -0.2) is 17.6 Å². The van der Waals surface area contributed by atoms with Gasteiger partial charge < -0.3 is 10.4 Å². The average molecular weight is 320 g/mol. The molecule has 0 spiro atoms. The fourth-order valence-electron chi connectivity index (χ4n) is 1.76. The number of hydrogen-bond acceptors (Lipinski definition) is 2. The summed E-state index contributed by atoms with van der Waals surface area (Å²) in [5.41, 5.74) is -1.18. The molecule has 0 unspecified atom stereocenters. The van der Waals surface area contributed by atoms with Crippen molar-refractivity contribution in [3.05, 3.63) is 57.6 Å². The molecule has 2 rings (SSSR count). The van der Waals surface area contributed by atoms with Crippen LogP contribution in [0.1, 0.15) is 11.1 Å².